The summed E-state index contributed by atoms with van der Waals surface area (Å²) >= 11 is 0. The topological polar surface area (TPSA) is 0 Å². The third kappa shape index (κ3) is 3.55. The van der Waals surface area contributed by atoms with Crippen molar-refractivity contribution in [3.8, 4) is 0 Å². The summed E-state index contributed by atoms with van der Waals surface area (Å²) in [6, 6.07) is 0. The van der Waals surface area contributed by atoms with Gasteiger partial charge in [0.2, 0.25) is 0 Å². The second-order valence-corrected chi connectivity index (χ2v) is 13.5. The highest BCUT2D eigenvalue weighted by Gasteiger charge is 2.63. The fourth-order valence-corrected chi connectivity index (χ4v) is 9.77. The highest BCUT2D eigenvalue weighted by molar-refractivity contribution is 5.27. The average Bonchev–Trinajstić information content (AvgIpc) is 3.05. The predicted octanol–water partition coefficient (Wildman–Crippen LogP) is 9.44. The Balaban J connectivity index is 1.54. The first kappa shape index (κ1) is 22.9. The maximum absolute atomic E-state index is 2.78. The summed E-state index contributed by atoms with van der Waals surface area (Å²) in [4.78, 5) is 0. The van der Waals surface area contributed by atoms with Crippen LogP contribution in [0.15, 0.2) is 11.6 Å². The molecule has 0 bridgehead atoms. The summed E-state index contributed by atoms with van der Waals surface area (Å²) < 4.78 is 0. The van der Waals surface area contributed by atoms with Crippen molar-refractivity contribution in [3.05, 3.63) is 11.6 Å². The lowest BCUT2D eigenvalue weighted by Crippen LogP contribution is -2.56. The summed E-state index contributed by atoms with van der Waals surface area (Å²) in [5, 5.41) is 0. The van der Waals surface area contributed by atoms with Crippen LogP contribution in [0.4, 0.5) is 0 Å². The van der Waals surface area contributed by atoms with Crippen LogP contribution in [0.5, 0.6) is 0 Å². The molecule has 0 amide bonds. The van der Waals surface area contributed by atoms with E-state index in [-0.39, 0.29) is 0 Å². The highest BCUT2D eigenvalue weighted by atomic mass is 14.7. The zero-order chi connectivity index (χ0) is 21.7. The van der Waals surface area contributed by atoms with Crippen molar-refractivity contribution >= 4 is 0 Å². The van der Waals surface area contributed by atoms with E-state index >= 15 is 0 Å². The van der Waals surface area contributed by atoms with Crippen LogP contribution in [-0.4, -0.2) is 0 Å². The Morgan fingerprint density at radius 3 is 2.37 bits per heavy atom. The van der Waals surface area contributed by atoms with Gasteiger partial charge in [-0.2, -0.15) is 0 Å². The number of hydrogen-bond acceptors (Lipinski definition) is 0. The molecule has 0 radical (unpaired) electrons. The Morgan fingerprint density at radius 1 is 0.900 bits per heavy atom. The zero-order valence-electron chi connectivity index (χ0n) is 21.5. The molecule has 0 aromatic carbocycles. The molecule has 30 heavy (non-hydrogen) atoms. The van der Waals surface area contributed by atoms with Gasteiger partial charge in [-0.3, -0.25) is 0 Å². The Hall–Kier alpha value is -0.260. The summed E-state index contributed by atoms with van der Waals surface area (Å²) in [5.74, 6) is 5.62. The Morgan fingerprint density at radius 2 is 1.67 bits per heavy atom. The molecular formula is C30H52. The van der Waals surface area contributed by atoms with E-state index in [1.807, 2.05) is 5.57 Å². The first-order valence-corrected chi connectivity index (χ1v) is 13.8. The lowest BCUT2D eigenvalue weighted by molar-refractivity contribution is -0.112. The molecule has 4 rings (SSSR count). The van der Waals surface area contributed by atoms with Gasteiger partial charge in [0.05, 0.1) is 0 Å². The first-order chi connectivity index (χ1) is 14.1. The van der Waals surface area contributed by atoms with Gasteiger partial charge >= 0.3 is 0 Å². The van der Waals surface area contributed by atoms with E-state index < -0.39 is 0 Å². The average molecular weight is 413 g/mol. The minimum Gasteiger partial charge on any atom is -0.0842 e. The molecule has 0 heteroatoms. The first-order valence-electron chi connectivity index (χ1n) is 13.8. The van der Waals surface area contributed by atoms with Gasteiger partial charge in [0.15, 0.2) is 0 Å². The number of rotatable bonds is 6. The fourth-order valence-electron chi connectivity index (χ4n) is 9.77. The number of fused-ring (bicyclic) bond motifs is 5. The van der Waals surface area contributed by atoms with Gasteiger partial charge in [0, 0.05) is 0 Å². The van der Waals surface area contributed by atoms with Crippen LogP contribution in [0.3, 0.4) is 0 Å². The molecule has 4 aliphatic carbocycles. The molecule has 0 aliphatic heterocycles. The maximum atomic E-state index is 2.78. The molecule has 172 valence electrons. The molecule has 3 fully saturated rings. The van der Waals surface area contributed by atoms with Crippen molar-refractivity contribution in [2.75, 3.05) is 0 Å². The van der Waals surface area contributed by atoms with Crippen molar-refractivity contribution in [2.24, 2.45) is 51.8 Å². The van der Waals surface area contributed by atoms with Crippen LogP contribution < -0.4 is 0 Å². The second-order valence-electron chi connectivity index (χ2n) is 13.5. The molecule has 0 spiro atoms. The van der Waals surface area contributed by atoms with E-state index in [0.717, 1.165) is 35.5 Å². The van der Waals surface area contributed by atoms with Crippen molar-refractivity contribution < 1.29 is 0 Å². The molecule has 0 N–H and O–H groups in total. The van der Waals surface area contributed by atoms with E-state index in [1.165, 1.54) is 77.0 Å². The van der Waals surface area contributed by atoms with Gasteiger partial charge in [-0.05, 0) is 103 Å². The van der Waals surface area contributed by atoms with Crippen molar-refractivity contribution in [2.45, 2.75) is 126 Å². The molecule has 8 atom stereocenters. The Bertz CT molecular complexity index is 642. The molecule has 8 unspecified atom stereocenters. The molecular weight excluding hydrogens is 360 g/mol. The number of hydrogen-bond donors (Lipinski definition) is 0. The van der Waals surface area contributed by atoms with Gasteiger partial charge in [0.1, 0.15) is 0 Å². The SMILES string of the molecule is CCC1CCC2(C)C(=CCC3(C)C2CCC2(C)C(C(C)CCCC(C)C)CCC23)C1. The normalized spacial score (nSPS) is 46.7. The smallest absolute Gasteiger partial charge is 0.00825 e. The van der Waals surface area contributed by atoms with Crippen molar-refractivity contribution in [1.29, 1.82) is 0 Å². The molecule has 0 nitrogen and oxygen atoms in total. The minimum absolute atomic E-state index is 0.515. The lowest BCUT2D eigenvalue weighted by atomic mass is 9.41. The monoisotopic (exact) mass is 412 g/mol. The standard InChI is InChI=1S/C30H52/c1-8-23-14-17-28(5)24(20-23)15-18-30(7)26-13-12-25(22(4)11-9-10-21(2)3)29(26,6)19-16-27(28)30/h15,21-23,25-27H,8-14,16-20H2,1-7H3. The van der Waals surface area contributed by atoms with Crippen molar-refractivity contribution in [1.82, 2.24) is 0 Å². The second kappa shape index (κ2) is 8.26. The van der Waals surface area contributed by atoms with E-state index in [1.54, 1.807) is 0 Å². The van der Waals surface area contributed by atoms with E-state index in [2.05, 4.69) is 54.5 Å². The van der Waals surface area contributed by atoms with Gasteiger partial charge in [0.25, 0.3) is 0 Å². The van der Waals surface area contributed by atoms with E-state index in [4.69, 9.17) is 0 Å². The van der Waals surface area contributed by atoms with Crippen LogP contribution in [-0.2, 0) is 0 Å². The van der Waals surface area contributed by atoms with E-state index in [0.29, 0.717) is 16.2 Å². The Kier molecular flexibility index (Phi) is 6.31. The third-order valence-electron chi connectivity index (χ3n) is 11.5. The lowest BCUT2D eigenvalue weighted by Gasteiger charge is -2.63. The van der Waals surface area contributed by atoms with Crippen LogP contribution >= 0.6 is 0 Å². The van der Waals surface area contributed by atoms with Gasteiger partial charge < -0.3 is 0 Å². The Labute approximate surface area is 189 Å². The van der Waals surface area contributed by atoms with E-state index in [9.17, 15) is 0 Å². The molecule has 4 aliphatic rings. The summed E-state index contributed by atoms with van der Waals surface area (Å²) in [6.07, 6.45) is 20.3. The molecule has 0 heterocycles. The molecule has 0 aromatic rings. The van der Waals surface area contributed by atoms with Gasteiger partial charge in [-0.25, -0.2) is 0 Å². The van der Waals surface area contributed by atoms with Crippen LogP contribution in [0.25, 0.3) is 0 Å². The summed E-state index contributed by atoms with van der Waals surface area (Å²) in [6.45, 7) is 18.0. The number of allylic oxidation sites excluding steroid dienone is 2. The molecule has 0 saturated heterocycles. The summed E-state index contributed by atoms with van der Waals surface area (Å²) in [5.41, 5.74) is 3.55. The zero-order valence-corrected chi connectivity index (χ0v) is 21.5. The quantitative estimate of drug-likeness (QED) is 0.381. The highest BCUT2D eigenvalue weighted by Crippen LogP contribution is 2.72. The van der Waals surface area contributed by atoms with Crippen LogP contribution in [0.1, 0.15) is 126 Å². The maximum Gasteiger partial charge on any atom is -0.00825 e. The molecule has 3 saturated carbocycles. The third-order valence-corrected chi connectivity index (χ3v) is 11.5. The van der Waals surface area contributed by atoms with Crippen molar-refractivity contribution in [3.63, 3.8) is 0 Å². The fraction of sp³-hybridized carbons (Fsp3) is 0.933. The van der Waals surface area contributed by atoms with Crippen LogP contribution in [0, 0.1) is 51.8 Å². The van der Waals surface area contributed by atoms with Gasteiger partial charge in [-0.1, -0.05) is 85.8 Å². The largest absolute Gasteiger partial charge is 0.0842 e. The summed E-state index contributed by atoms with van der Waals surface area (Å²) in [7, 11) is 0. The molecule has 0 aromatic heterocycles. The minimum atomic E-state index is 0.515. The van der Waals surface area contributed by atoms with Crippen LogP contribution in [0.2, 0.25) is 0 Å². The predicted molar refractivity (Wildman–Crippen MR) is 131 cm³/mol. The van der Waals surface area contributed by atoms with Gasteiger partial charge in [-0.15, -0.1) is 0 Å².